The molecule has 3 rings (SSSR count). The van der Waals surface area contributed by atoms with Gasteiger partial charge < -0.3 is 50.6 Å². The largest absolute Gasteiger partial charge is 0.466 e. The second-order valence-electron chi connectivity index (χ2n) is 4.60. The van der Waals surface area contributed by atoms with Gasteiger partial charge in [-0.3, -0.25) is 0 Å². The summed E-state index contributed by atoms with van der Waals surface area (Å²) < 4.78 is 13.4. The Morgan fingerprint density at radius 1 is 1.16 bits per heavy atom. The lowest BCUT2D eigenvalue weighted by molar-refractivity contribution is -0.132. The van der Waals surface area contributed by atoms with Gasteiger partial charge in [0.2, 0.25) is 0 Å². The Bertz CT molecular complexity index is 701. The van der Waals surface area contributed by atoms with E-state index in [0.29, 0.717) is 17.0 Å². The van der Waals surface area contributed by atoms with Crippen molar-refractivity contribution in [3.8, 4) is 0 Å². The summed E-state index contributed by atoms with van der Waals surface area (Å²) in [7, 11) is -4.64. The topological polar surface area (TPSA) is 248 Å². The summed E-state index contributed by atoms with van der Waals surface area (Å²) in [6, 6.07) is 0. The van der Waals surface area contributed by atoms with Crippen LogP contribution < -0.4 is 5.73 Å². The Balaban J connectivity index is 0.000000200. The van der Waals surface area contributed by atoms with Crippen molar-refractivity contribution in [2.45, 2.75) is 24.6 Å². The molecule has 0 radical (unpaired) electrons. The monoisotopic (exact) mass is 383 g/mol. The first-order chi connectivity index (χ1) is 11.5. The van der Waals surface area contributed by atoms with E-state index in [-0.39, 0.29) is 0 Å². The first-order valence-electron chi connectivity index (χ1n) is 6.53. The lowest BCUT2D eigenvalue weighted by Gasteiger charge is -2.09. The molecular weight excluding hydrogens is 365 g/mol. The van der Waals surface area contributed by atoms with Crippen molar-refractivity contribution in [1.82, 2.24) is 19.9 Å². The minimum Gasteiger partial charge on any atom is -0.394 e. The molecule has 3 heterocycles. The quantitative estimate of drug-likeness (QED) is 0.216. The van der Waals surface area contributed by atoms with E-state index in [9.17, 15) is 0 Å². The molecule has 0 amide bonds. The lowest BCUT2D eigenvalue weighted by Crippen LogP contribution is -2.33. The molecule has 14 nitrogen and oxygen atoms in total. The Morgan fingerprint density at radius 2 is 1.76 bits per heavy atom. The predicted molar refractivity (Wildman–Crippen MR) is 80.3 cm³/mol. The molecule has 1 fully saturated rings. The van der Waals surface area contributed by atoms with E-state index >= 15 is 0 Å². The number of nitrogen functional groups attached to an aromatic ring is 1. The molecule has 10 N–H and O–H groups in total. The molecule has 0 aromatic carbocycles. The molecule has 2 aromatic heterocycles. The van der Waals surface area contributed by atoms with Gasteiger partial charge in [-0.15, -0.1) is 0 Å². The number of nitrogens with two attached hydrogens (primary N) is 1. The molecule has 1 aliphatic heterocycles. The van der Waals surface area contributed by atoms with E-state index in [1.165, 1.54) is 12.7 Å². The first-order valence-corrected chi connectivity index (χ1v) is 8.09. The van der Waals surface area contributed by atoms with E-state index in [0.717, 1.165) is 0 Å². The Hall–Kier alpha value is -1.74. The zero-order valence-corrected chi connectivity index (χ0v) is 13.4. The van der Waals surface area contributed by atoms with Crippen LogP contribution in [0.3, 0.4) is 0 Å². The molecule has 0 saturated carbocycles. The van der Waals surface area contributed by atoms with E-state index < -0.39 is 39.0 Å². The molecule has 1 saturated heterocycles. The molecular formula is C10H18N5O9P. The summed E-state index contributed by atoms with van der Waals surface area (Å²) >= 11 is 0. The zero-order valence-electron chi connectivity index (χ0n) is 12.5. The van der Waals surface area contributed by atoms with E-state index in [2.05, 4.69) is 24.7 Å². The Labute approximate surface area is 139 Å². The van der Waals surface area contributed by atoms with Crippen LogP contribution in [0.2, 0.25) is 0 Å². The Morgan fingerprint density at radius 3 is 2.16 bits per heavy atom. The van der Waals surface area contributed by atoms with E-state index in [1.807, 2.05) is 0 Å². The van der Waals surface area contributed by atoms with Crippen molar-refractivity contribution in [3.05, 3.63) is 12.7 Å². The number of aromatic amines is 1. The number of nitrogens with one attached hydrogen (secondary N) is 1. The number of aromatic nitrogens is 4. The van der Waals surface area contributed by atoms with Gasteiger partial charge in [0, 0.05) is 0 Å². The van der Waals surface area contributed by atoms with Crippen LogP contribution in [0.4, 0.5) is 5.82 Å². The minimum absolute atomic E-state index is 0.407. The first kappa shape index (κ1) is 21.3. The van der Waals surface area contributed by atoms with Crippen LogP contribution in [0.1, 0.15) is 0 Å². The number of hydrogen-bond donors (Lipinski definition) is 9. The fourth-order valence-corrected chi connectivity index (χ4v) is 1.66. The van der Waals surface area contributed by atoms with Gasteiger partial charge in [0.15, 0.2) is 17.8 Å². The van der Waals surface area contributed by atoms with Crippen LogP contribution in [-0.4, -0.2) is 86.3 Å². The third-order valence-corrected chi connectivity index (χ3v) is 2.77. The van der Waals surface area contributed by atoms with Gasteiger partial charge in [0.1, 0.15) is 30.2 Å². The number of hydrogen-bond acceptors (Lipinski definition) is 10. The standard InChI is InChI=1S/C5H5N5.C5H10O5.H3O4P/c6-4-3-5(9-1-7-3)10-2-8-4;6-1-2-3(7)4(8)5(9)10-2;1-5(2,3)4/h1-2H,(H3,6,7,8,9,10);2-9H,1H2;(H3,1,2,3,4)/t;2-,3-,4+,5?;/m.1./s1. The van der Waals surface area contributed by atoms with Crippen LogP contribution in [0, 0.1) is 0 Å². The van der Waals surface area contributed by atoms with Crippen LogP contribution in [0.15, 0.2) is 12.7 Å². The highest BCUT2D eigenvalue weighted by atomic mass is 31.2. The molecule has 15 heteroatoms. The molecule has 1 aliphatic rings. The maximum absolute atomic E-state index is 8.93. The maximum atomic E-state index is 8.93. The maximum Gasteiger partial charge on any atom is 0.466 e. The number of nitrogens with zero attached hydrogens (tertiary/aromatic N) is 3. The van der Waals surface area contributed by atoms with Crippen molar-refractivity contribution in [2.24, 2.45) is 0 Å². The van der Waals surface area contributed by atoms with E-state index in [4.69, 9.17) is 45.4 Å². The number of fused-ring (bicyclic) bond motifs is 1. The average molecular weight is 383 g/mol. The number of ether oxygens (including phenoxy) is 1. The SMILES string of the molecule is Nc1ncnc2nc[nH]c12.O=P(O)(O)O.OC[C@H]1OC(O)[C@@H](O)[C@@H]1O. The number of phosphoric acid groups is 1. The second kappa shape index (κ2) is 9.10. The van der Waals surface area contributed by atoms with Gasteiger partial charge in [-0.2, -0.15) is 0 Å². The van der Waals surface area contributed by atoms with Crippen molar-refractivity contribution in [2.75, 3.05) is 12.3 Å². The summed E-state index contributed by atoms with van der Waals surface area (Å²) in [5.41, 5.74) is 6.78. The second-order valence-corrected chi connectivity index (χ2v) is 5.63. The predicted octanol–water partition coefficient (Wildman–Crippen LogP) is -3.58. The van der Waals surface area contributed by atoms with Gasteiger partial charge >= 0.3 is 7.82 Å². The highest BCUT2D eigenvalue weighted by Crippen LogP contribution is 2.25. The molecule has 0 spiro atoms. The smallest absolute Gasteiger partial charge is 0.394 e. The summed E-state index contributed by atoms with van der Waals surface area (Å²) in [5, 5.41) is 35.0. The van der Waals surface area contributed by atoms with E-state index in [1.54, 1.807) is 0 Å². The number of aliphatic hydroxyl groups is 4. The number of rotatable bonds is 1. The molecule has 2 aromatic rings. The normalized spacial score (nSPS) is 25.7. The summed E-state index contributed by atoms with van der Waals surface area (Å²) in [4.78, 5) is 35.9. The molecule has 142 valence electrons. The van der Waals surface area contributed by atoms with Gasteiger partial charge in [-0.25, -0.2) is 19.5 Å². The summed E-state index contributed by atoms with van der Waals surface area (Å²) in [6.45, 7) is -0.407. The van der Waals surface area contributed by atoms with Crippen LogP contribution in [-0.2, 0) is 9.30 Å². The van der Waals surface area contributed by atoms with Crippen LogP contribution in [0.5, 0.6) is 0 Å². The van der Waals surface area contributed by atoms with Crippen LogP contribution in [0.25, 0.3) is 11.2 Å². The van der Waals surface area contributed by atoms with Crippen LogP contribution >= 0.6 is 7.82 Å². The third kappa shape index (κ3) is 6.95. The molecule has 25 heavy (non-hydrogen) atoms. The van der Waals surface area contributed by atoms with Crippen molar-refractivity contribution in [3.63, 3.8) is 0 Å². The number of aliphatic hydroxyl groups excluding tert-OH is 4. The lowest BCUT2D eigenvalue weighted by atomic mass is 10.1. The van der Waals surface area contributed by atoms with Gasteiger partial charge in [-0.05, 0) is 0 Å². The molecule has 0 aliphatic carbocycles. The van der Waals surface area contributed by atoms with Gasteiger partial charge in [-0.1, -0.05) is 0 Å². The minimum atomic E-state index is -4.64. The van der Waals surface area contributed by atoms with Gasteiger partial charge in [0.05, 0.1) is 12.9 Å². The highest BCUT2D eigenvalue weighted by molar-refractivity contribution is 7.45. The molecule has 0 bridgehead atoms. The van der Waals surface area contributed by atoms with Crippen molar-refractivity contribution >= 4 is 24.8 Å². The zero-order chi connectivity index (χ0) is 19.2. The van der Waals surface area contributed by atoms with Crippen molar-refractivity contribution in [1.29, 1.82) is 0 Å². The fraction of sp³-hybridized carbons (Fsp3) is 0.500. The number of imidazole rings is 1. The molecule has 4 atom stereocenters. The third-order valence-electron chi connectivity index (χ3n) is 2.77. The fourth-order valence-electron chi connectivity index (χ4n) is 1.66. The molecule has 1 unspecified atom stereocenters. The van der Waals surface area contributed by atoms with Gasteiger partial charge in [0.25, 0.3) is 0 Å². The summed E-state index contributed by atoms with van der Waals surface area (Å²) in [6.07, 6.45) is -1.83. The number of H-pyrrole nitrogens is 1. The summed E-state index contributed by atoms with van der Waals surface area (Å²) in [5.74, 6) is 0.433. The average Bonchev–Trinajstić information content (AvgIpc) is 3.08. The van der Waals surface area contributed by atoms with Crippen molar-refractivity contribution < 1.29 is 44.4 Å². The Kier molecular flexibility index (Phi) is 7.75. The number of anilines is 1. The highest BCUT2D eigenvalue weighted by Gasteiger charge is 2.41.